The molecule has 0 aliphatic carbocycles. The Labute approximate surface area is 116 Å². The van der Waals surface area contributed by atoms with Gasteiger partial charge in [0, 0.05) is 32.2 Å². The summed E-state index contributed by atoms with van der Waals surface area (Å²) in [5.74, 6) is 0. The van der Waals surface area contributed by atoms with Gasteiger partial charge in [-0.05, 0) is 40.4 Å². The molecule has 5 heteroatoms. The van der Waals surface area contributed by atoms with Crippen LogP contribution < -0.4 is 5.32 Å². The molecule has 1 rings (SSSR count). The highest BCUT2D eigenvalue weighted by Gasteiger charge is 2.31. The van der Waals surface area contributed by atoms with Crippen molar-refractivity contribution in [3.8, 4) is 0 Å². The zero-order chi connectivity index (χ0) is 14.5. The van der Waals surface area contributed by atoms with E-state index in [2.05, 4.69) is 23.8 Å². The van der Waals surface area contributed by atoms with Crippen LogP contribution in [0.4, 0.5) is 4.79 Å². The minimum atomic E-state index is -0.422. The Bertz CT molecular complexity index is 312. The van der Waals surface area contributed by atoms with Crippen molar-refractivity contribution in [2.75, 3.05) is 33.2 Å². The van der Waals surface area contributed by atoms with Crippen LogP contribution in [-0.2, 0) is 4.74 Å². The quantitative estimate of drug-likeness (QED) is 0.771. The molecule has 1 saturated heterocycles. The van der Waals surface area contributed by atoms with E-state index in [-0.39, 0.29) is 6.09 Å². The predicted octanol–water partition coefficient (Wildman–Crippen LogP) is 1.66. The maximum atomic E-state index is 11.9. The van der Waals surface area contributed by atoms with Crippen molar-refractivity contribution in [1.29, 1.82) is 0 Å². The van der Waals surface area contributed by atoms with E-state index in [1.54, 1.807) is 11.1 Å². The minimum absolute atomic E-state index is 0.201. The lowest BCUT2D eigenvalue weighted by molar-refractivity contribution is 0.0283. The molecule has 0 aromatic heterocycles. The largest absolute Gasteiger partial charge is 0.444 e. The summed E-state index contributed by atoms with van der Waals surface area (Å²) in [6, 6.07) is 0.416. The molecule has 0 spiro atoms. The van der Waals surface area contributed by atoms with Gasteiger partial charge in [-0.3, -0.25) is 4.90 Å². The van der Waals surface area contributed by atoms with E-state index in [9.17, 15) is 4.79 Å². The summed E-state index contributed by atoms with van der Waals surface area (Å²) in [6.45, 7) is 12.7. The molecule has 1 aliphatic heterocycles. The third-order valence-electron chi connectivity index (χ3n) is 3.19. The van der Waals surface area contributed by atoms with E-state index >= 15 is 0 Å². The summed E-state index contributed by atoms with van der Waals surface area (Å²) >= 11 is 0. The molecular formula is C14H27N3O2. The van der Waals surface area contributed by atoms with Gasteiger partial charge in [0.25, 0.3) is 0 Å². The number of amides is 1. The molecule has 110 valence electrons. The summed E-state index contributed by atoms with van der Waals surface area (Å²) in [5, 5.41) is 3.08. The zero-order valence-corrected chi connectivity index (χ0v) is 12.6. The fraction of sp³-hybridized carbons (Fsp3) is 0.786. The van der Waals surface area contributed by atoms with Gasteiger partial charge in [-0.2, -0.15) is 0 Å². The van der Waals surface area contributed by atoms with Crippen LogP contribution in [0.1, 0.15) is 27.2 Å². The summed E-state index contributed by atoms with van der Waals surface area (Å²) < 4.78 is 5.39. The maximum absolute atomic E-state index is 11.9. The number of carbonyl (C=O) groups is 1. The fourth-order valence-electron chi connectivity index (χ4n) is 2.12. The van der Waals surface area contributed by atoms with Gasteiger partial charge < -0.3 is 15.0 Å². The van der Waals surface area contributed by atoms with Crippen molar-refractivity contribution >= 4 is 6.09 Å². The van der Waals surface area contributed by atoms with Crippen molar-refractivity contribution in [1.82, 2.24) is 15.1 Å². The second kappa shape index (κ2) is 6.80. The summed E-state index contributed by atoms with van der Waals surface area (Å²) in [7, 11) is 2.09. The van der Waals surface area contributed by atoms with Gasteiger partial charge >= 0.3 is 6.09 Å². The third kappa shape index (κ3) is 5.51. The van der Waals surface area contributed by atoms with Crippen molar-refractivity contribution in [2.24, 2.45) is 0 Å². The first kappa shape index (κ1) is 15.8. The smallest absolute Gasteiger partial charge is 0.410 e. The summed E-state index contributed by atoms with van der Waals surface area (Å²) in [4.78, 5) is 16.0. The maximum Gasteiger partial charge on any atom is 0.410 e. The monoisotopic (exact) mass is 269 g/mol. The van der Waals surface area contributed by atoms with Gasteiger partial charge in [-0.1, -0.05) is 6.58 Å². The average Bonchev–Trinajstić information content (AvgIpc) is 2.76. The Morgan fingerprint density at radius 2 is 2.26 bits per heavy atom. The van der Waals surface area contributed by atoms with Crippen LogP contribution in [0.5, 0.6) is 0 Å². The number of hydrogen-bond donors (Lipinski definition) is 1. The predicted molar refractivity (Wildman–Crippen MR) is 77.0 cm³/mol. The number of rotatable bonds is 5. The number of ether oxygens (including phenoxy) is 1. The molecule has 1 atom stereocenters. The van der Waals surface area contributed by atoms with Gasteiger partial charge in [0.2, 0.25) is 0 Å². The molecule has 5 nitrogen and oxygen atoms in total. The van der Waals surface area contributed by atoms with E-state index < -0.39 is 5.60 Å². The highest BCUT2D eigenvalue weighted by atomic mass is 16.6. The van der Waals surface area contributed by atoms with Gasteiger partial charge in [0.15, 0.2) is 0 Å². The highest BCUT2D eigenvalue weighted by Crippen LogP contribution is 2.17. The Balaban J connectivity index is 2.36. The standard InChI is InChI=1S/C14H27N3O2/c1-6-15-8-10-16(5)12-7-9-17(11-12)13(18)19-14(2,3)4/h6,12,15H,1,7-11H2,2-5H3. The number of likely N-dealkylation sites (N-methyl/N-ethyl adjacent to an activating group) is 1. The summed E-state index contributed by atoms with van der Waals surface area (Å²) in [6.07, 6.45) is 2.51. The van der Waals surface area contributed by atoms with E-state index in [4.69, 9.17) is 4.74 Å². The van der Waals surface area contributed by atoms with E-state index in [1.165, 1.54) is 0 Å². The van der Waals surface area contributed by atoms with E-state index in [0.29, 0.717) is 6.04 Å². The normalized spacial score (nSPS) is 19.6. The van der Waals surface area contributed by atoms with Crippen LogP contribution in [0.25, 0.3) is 0 Å². The molecule has 19 heavy (non-hydrogen) atoms. The van der Waals surface area contributed by atoms with Crippen molar-refractivity contribution in [2.45, 2.75) is 38.8 Å². The molecule has 1 heterocycles. The Morgan fingerprint density at radius 3 is 2.84 bits per heavy atom. The second-order valence-corrected chi connectivity index (χ2v) is 6.01. The number of nitrogens with one attached hydrogen (secondary N) is 1. The first-order valence-electron chi connectivity index (χ1n) is 6.86. The molecule has 1 amide bonds. The lowest BCUT2D eigenvalue weighted by atomic mass is 10.2. The van der Waals surface area contributed by atoms with Crippen molar-refractivity contribution in [3.05, 3.63) is 12.8 Å². The molecule has 0 aromatic rings. The molecule has 1 fully saturated rings. The molecule has 1 N–H and O–H groups in total. The third-order valence-corrected chi connectivity index (χ3v) is 3.19. The Kier molecular flexibility index (Phi) is 5.66. The first-order valence-corrected chi connectivity index (χ1v) is 6.86. The summed E-state index contributed by atoms with van der Waals surface area (Å²) in [5.41, 5.74) is -0.422. The van der Waals surface area contributed by atoms with Crippen LogP contribution in [0.2, 0.25) is 0 Å². The van der Waals surface area contributed by atoms with Crippen LogP contribution in [0.15, 0.2) is 12.8 Å². The molecule has 0 saturated carbocycles. The zero-order valence-electron chi connectivity index (χ0n) is 12.6. The van der Waals surface area contributed by atoms with Gasteiger partial charge in [-0.25, -0.2) is 4.79 Å². The SMILES string of the molecule is C=CNCCN(C)C1CCN(C(=O)OC(C)(C)C)C1. The fourth-order valence-corrected chi connectivity index (χ4v) is 2.12. The molecule has 0 bridgehead atoms. The Morgan fingerprint density at radius 1 is 1.58 bits per heavy atom. The Hall–Kier alpha value is -1.23. The second-order valence-electron chi connectivity index (χ2n) is 6.01. The number of carbonyl (C=O) groups excluding carboxylic acids is 1. The molecular weight excluding hydrogens is 242 g/mol. The molecule has 0 radical (unpaired) electrons. The highest BCUT2D eigenvalue weighted by molar-refractivity contribution is 5.68. The number of likely N-dealkylation sites (tertiary alicyclic amines) is 1. The van der Waals surface area contributed by atoms with Crippen LogP contribution in [0, 0.1) is 0 Å². The molecule has 1 unspecified atom stereocenters. The van der Waals surface area contributed by atoms with Gasteiger partial charge in [0.1, 0.15) is 5.60 Å². The van der Waals surface area contributed by atoms with Gasteiger partial charge in [-0.15, -0.1) is 0 Å². The van der Waals surface area contributed by atoms with Crippen LogP contribution in [-0.4, -0.2) is 60.8 Å². The topological polar surface area (TPSA) is 44.8 Å². The first-order chi connectivity index (χ1) is 8.83. The number of nitrogens with zero attached hydrogens (tertiary/aromatic N) is 2. The van der Waals surface area contributed by atoms with Gasteiger partial charge in [0.05, 0.1) is 0 Å². The molecule has 1 aliphatic rings. The number of hydrogen-bond acceptors (Lipinski definition) is 4. The van der Waals surface area contributed by atoms with E-state index in [1.807, 2.05) is 20.8 Å². The van der Waals surface area contributed by atoms with Crippen molar-refractivity contribution in [3.63, 3.8) is 0 Å². The van der Waals surface area contributed by atoms with E-state index in [0.717, 1.165) is 32.6 Å². The average molecular weight is 269 g/mol. The minimum Gasteiger partial charge on any atom is -0.444 e. The van der Waals surface area contributed by atoms with Crippen molar-refractivity contribution < 1.29 is 9.53 Å². The lowest BCUT2D eigenvalue weighted by Gasteiger charge is -2.26. The van der Waals surface area contributed by atoms with Crippen LogP contribution >= 0.6 is 0 Å². The van der Waals surface area contributed by atoms with Crippen LogP contribution in [0.3, 0.4) is 0 Å². The lowest BCUT2D eigenvalue weighted by Crippen LogP contribution is -2.40. The molecule has 0 aromatic carbocycles.